The normalized spacial score (nSPS) is 13.5. The Morgan fingerprint density at radius 1 is 0.661 bits per heavy atom. The molecular formula is C46H36Cl2F2N10O2. The zero-order valence-corrected chi connectivity index (χ0v) is 33.9. The number of anilines is 5. The summed E-state index contributed by atoms with van der Waals surface area (Å²) >= 11 is 11.8. The van der Waals surface area contributed by atoms with Crippen LogP contribution in [0.3, 0.4) is 0 Å². The number of hydrogen-bond donors (Lipinski definition) is 6. The van der Waals surface area contributed by atoms with Gasteiger partial charge in [0.2, 0.25) is 0 Å². The third-order valence-electron chi connectivity index (χ3n) is 10.2. The number of H-pyrrole nitrogens is 2. The lowest BCUT2D eigenvalue weighted by Crippen LogP contribution is -2.21. The monoisotopic (exact) mass is 870 g/mol. The molecule has 6 N–H and O–H groups in total. The van der Waals surface area contributed by atoms with Crippen molar-refractivity contribution in [2.24, 2.45) is 0 Å². The van der Waals surface area contributed by atoms with Gasteiger partial charge in [0.15, 0.2) is 0 Å². The van der Waals surface area contributed by atoms with Crippen molar-refractivity contribution < 1.29 is 21.1 Å². The minimum absolute atomic E-state index is 0.00312. The van der Waals surface area contributed by atoms with Gasteiger partial charge in [-0.1, -0.05) is 35.3 Å². The highest BCUT2D eigenvalue weighted by molar-refractivity contribution is 6.31. The molecule has 16 heteroatoms. The van der Waals surface area contributed by atoms with Crippen LogP contribution < -0.4 is 26.2 Å². The standard InChI is InChI=1S/C23H19ClFN5O.C23H17ClFN5O/c2*24-15-6-7-18(25)20(11-15)29-23(31)28-19-4-1-5-21-17(19)8-10-30(21)13-14-12-27-22-16(14)3-2-9-26-22/h1-7,9,11-12H,8,10,13H2,(H,26,27)(H2,28,29,31);1-12H,13H2,(H,26,27)(H2,28,29,31)/i2*13D. The number of hydrogen-bond acceptors (Lipinski definition) is 5. The summed E-state index contributed by atoms with van der Waals surface area (Å²) in [6.07, 6.45) is 9.50. The van der Waals surface area contributed by atoms with Crippen LogP contribution in [-0.4, -0.2) is 43.1 Å². The van der Waals surface area contributed by atoms with E-state index in [1.165, 1.54) is 36.4 Å². The van der Waals surface area contributed by atoms with E-state index in [0.29, 0.717) is 34.4 Å². The highest BCUT2D eigenvalue weighted by Gasteiger charge is 2.24. The molecule has 0 aliphatic carbocycles. The van der Waals surface area contributed by atoms with Gasteiger partial charge in [-0.2, -0.15) is 0 Å². The number of carbonyl (C=O) groups is 2. The van der Waals surface area contributed by atoms with E-state index in [1.54, 1.807) is 43.0 Å². The van der Waals surface area contributed by atoms with Crippen molar-refractivity contribution in [2.75, 3.05) is 32.7 Å². The van der Waals surface area contributed by atoms with Crippen molar-refractivity contribution in [1.82, 2.24) is 24.5 Å². The lowest BCUT2D eigenvalue weighted by molar-refractivity contribution is 0.261. The fourth-order valence-electron chi connectivity index (χ4n) is 7.34. The number of benzene rings is 4. The Balaban J connectivity index is 0.000000162. The smallest absolute Gasteiger partial charge is 0.323 e. The molecule has 62 heavy (non-hydrogen) atoms. The number of halogens is 4. The summed E-state index contributed by atoms with van der Waals surface area (Å²) < 4.78 is 47.4. The van der Waals surface area contributed by atoms with E-state index in [1.807, 2.05) is 64.2 Å². The molecule has 9 aromatic rings. The first-order valence-electron chi connectivity index (χ1n) is 20.4. The Morgan fingerprint density at radius 2 is 1.23 bits per heavy atom. The van der Waals surface area contributed by atoms with Gasteiger partial charge in [0.1, 0.15) is 22.9 Å². The van der Waals surface area contributed by atoms with Gasteiger partial charge in [-0.3, -0.25) is 0 Å². The number of fused-ring (bicyclic) bond motifs is 4. The summed E-state index contributed by atoms with van der Waals surface area (Å²) in [6.45, 7) is -0.700. The van der Waals surface area contributed by atoms with Gasteiger partial charge in [0.25, 0.3) is 0 Å². The van der Waals surface area contributed by atoms with Crippen LogP contribution in [0.1, 0.15) is 19.4 Å². The second-order valence-electron chi connectivity index (χ2n) is 14.2. The Hall–Kier alpha value is -7.42. The van der Waals surface area contributed by atoms with Gasteiger partial charge >= 0.3 is 12.1 Å². The Morgan fingerprint density at radius 3 is 1.87 bits per heavy atom. The molecule has 0 bridgehead atoms. The Labute approximate surface area is 365 Å². The second kappa shape index (κ2) is 17.3. The van der Waals surface area contributed by atoms with Crippen LogP contribution in [0.25, 0.3) is 33.0 Å². The third-order valence-corrected chi connectivity index (χ3v) is 10.7. The van der Waals surface area contributed by atoms with Crippen LogP contribution >= 0.6 is 23.2 Å². The molecule has 0 saturated carbocycles. The number of amides is 4. The average molecular weight is 872 g/mol. The molecule has 0 saturated heterocycles. The number of nitrogens with one attached hydrogen (secondary N) is 6. The van der Waals surface area contributed by atoms with E-state index in [4.69, 9.17) is 25.9 Å². The maximum Gasteiger partial charge on any atom is 0.323 e. The van der Waals surface area contributed by atoms with E-state index < -0.39 is 36.7 Å². The van der Waals surface area contributed by atoms with Gasteiger partial charge < -0.3 is 40.7 Å². The van der Waals surface area contributed by atoms with E-state index in [0.717, 1.165) is 55.3 Å². The van der Waals surface area contributed by atoms with Gasteiger partial charge in [-0.25, -0.2) is 28.3 Å². The molecule has 6 heterocycles. The molecule has 0 fully saturated rings. The molecule has 12 nitrogen and oxygen atoms in total. The number of nitrogens with zero attached hydrogens (tertiary/aromatic N) is 4. The quantitative estimate of drug-likeness (QED) is 0.0899. The lowest BCUT2D eigenvalue weighted by atomic mass is 10.1. The minimum atomic E-state index is -0.713. The van der Waals surface area contributed by atoms with Gasteiger partial charge in [0.05, 0.1) is 25.3 Å². The summed E-state index contributed by atoms with van der Waals surface area (Å²) in [5.74, 6) is -1.15. The first kappa shape index (κ1) is 37.6. The van der Waals surface area contributed by atoms with Crippen LogP contribution in [0, 0.1) is 11.6 Å². The molecule has 4 amide bonds. The fraction of sp³-hybridized carbons (Fsp3) is 0.0870. The Bertz CT molecular complexity index is 3210. The molecule has 1 aliphatic heterocycles. The average Bonchev–Trinajstić information content (AvgIpc) is 4.11. The van der Waals surface area contributed by atoms with E-state index in [9.17, 15) is 18.4 Å². The zero-order valence-electron chi connectivity index (χ0n) is 34.4. The zero-order chi connectivity index (χ0) is 44.5. The number of aromatic nitrogens is 5. The van der Waals surface area contributed by atoms with Crippen LogP contribution in [0.15, 0.2) is 134 Å². The largest absolute Gasteiger partial charge is 0.367 e. The highest BCUT2D eigenvalue weighted by atomic mass is 35.5. The maximum absolute atomic E-state index is 13.9. The summed E-state index contributed by atoms with van der Waals surface area (Å²) in [7, 11) is 0. The Kier molecular flexibility index (Phi) is 10.5. The molecule has 0 radical (unpaired) electrons. The molecular weight excluding hydrogens is 833 g/mol. The van der Waals surface area contributed by atoms with Crippen LogP contribution in [0.2, 0.25) is 10.0 Å². The summed E-state index contributed by atoms with van der Waals surface area (Å²) in [6, 6.07) is 27.1. The van der Waals surface area contributed by atoms with E-state index in [2.05, 4.69) is 41.2 Å². The van der Waals surface area contributed by atoms with Gasteiger partial charge in [0, 0.05) is 93.7 Å². The van der Waals surface area contributed by atoms with Crippen molar-refractivity contribution in [3.8, 4) is 0 Å². The minimum Gasteiger partial charge on any atom is -0.367 e. The predicted molar refractivity (Wildman–Crippen MR) is 243 cm³/mol. The van der Waals surface area contributed by atoms with Gasteiger partial charge in [-0.15, -0.1) is 0 Å². The SMILES string of the molecule is [2H]C(c1c[nH]c2ncccc12)N1CCc2c(NC(=O)Nc3cc(Cl)ccc3F)cccc21.[2H]C(c1c[nH]c2ncccc12)n1ccc2c(NC(=O)Nc3cc(Cl)ccc3F)cccc21. The first-order chi connectivity index (χ1) is 31.0. The van der Waals surface area contributed by atoms with Gasteiger partial charge in [-0.05, 0) is 109 Å². The van der Waals surface area contributed by atoms with Crippen molar-refractivity contribution in [3.63, 3.8) is 0 Å². The first-order valence-corrected chi connectivity index (χ1v) is 20.0. The lowest BCUT2D eigenvalue weighted by Gasteiger charge is -2.19. The number of aromatic amines is 2. The molecule has 0 spiro atoms. The summed E-state index contributed by atoms with van der Waals surface area (Å²) in [4.78, 5) is 41.8. The fourth-order valence-corrected chi connectivity index (χ4v) is 7.69. The molecule has 310 valence electrons. The maximum atomic E-state index is 13.9. The van der Waals surface area contributed by atoms with Crippen LogP contribution in [-0.2, 0) is 19.5 Å². The molecule has 2 unspecified atom stereocenters. The molecule has 1 aliphatic rings. The van der Waals surface area contributed by atoms with Crippen LogP contribution in [0.4, 0.5) is 46.8 Å². The van der Waals surface area contributed by atoms with Crippen molar-refractivity contribution >= 4 is 96.7 Å². The topological polar surface area (TPSA) is 148 Å². The third kappa shape index (κ3) is 8.46. The van der Waals surface area contributed by atoms with E-state index in [-0.39, 0.29) is 11.4 Å². The number of rotatable bonds is 8. The van der Waals surface area contributed by atoms with Crippen molar-refractivity contribution in [1.29, 1.82) is 0 Å². The number of urea groups is 2. The number of carbonyl (C=O) groups excluding carboxylic acids is 2. The van der Waals surface area contributed by atoms with E-state index >= 15 is 0 Å². The van der Waals surface area contributed by atoms with Crippen LogP contribution in [0.5, 0.6) is 0 Å². The van der Waals surface area contributed by atoms with Crippen molar-refractivity contribution in [3.05, 3.63) is 172 Å². The summed E-state index contributed by atoms with van der Waals surface area (Å²) in [5.41, 5.74) is 6.85. The molecule has 2 atom stereocenters. The highest BCUT2D eigenvalue weighted by Crippen LogP contribution is 2.36. The molecule has 5 aromatic heterocycles. The molecule has 4 aromatic carbocycles. The summed E-state index contributed by atoms with van der Waals surface area (Å²) in [5, 5.41) is 13.7. The number of pyridine rings is 2. The molecule has 10 rings (SSSR count). The van der Waals surface area contributed by atoms with Crippen molar-refractivity contribution in [2.45, 2.75) is 19.5 Å². The second-order valence-corrected chi connectivity index (χ2v) is 15.0. The predicted octanol–water partition coefficient (Wildman–Crippen LogP) is 11.6.